The van der Waals surface area contributed by atoms with Crippen LogP contribution in [0.1, 0.15) is 30.0 Å². The van der Waals surface area contributed by atoms with Crippen molar-refractivity contribution in [2.45, 2.75) is 25.2 Å². The summed E-state index contributed by atoms with van der Waals surface area (Å²) in [5.74, 6) is 1.93. The topological polar surface area (TPSA) is 67.5 Å². The third kappa shape index (κ3) is 3.08. The molecule has 2 aliphatic rings. The molecule has 0 unspecified atom stereocenters. The highest BCUT2D eigenvalue weighted by atomic mass is 16.5. The van der Waals surface area contributed by atoms with E-state index in [0.29, 0.717) is 18.9 Å². The number of methoxy groups -OCH3 is 1. The zero-order valence-electron chi connectivity index (χ0n) is 14.4. The highest BCUT2D eigenvalue weighted by molar-refractivity contribution is 5.80. The number of nitrogens with zero attached hydrogens (tertiary/aromatic N) is 2. The minimum absolute atomic E-state index is 0.125. The first-order valence-corrected chi connectivity index (χ1v) is 8.83. The van der Waals surface area contributed by atoms with Crippen LogP contribution in [0.3, 0.4) is 0 Å². The average molecular weight is 341 g/mol. The summed E-state index contributed by atoms with van der Waals surface area (Å²) in [5.41, 5.74) is 2.17. The van der Waals surface area contributed by atoms with Crippen LogP contribution in [0.2, 0.25) is 0 Å². The number of likely N-dealkylation sites (tertiary alicyclic amines) is 1. The summed E-state index contributed by atoms with van der Waals surface area (Å²) < 4.78 is 11.2. The Balaban J connectivity index is 1.46. The van der Waals surface area contributed by atoms with Crippen LogP contribution in [-0.4, -0.2) is 47.8 Å². The number of amides is 1. The average Bonchev–Trinajstić information content (AvgIpc) is 3.21. The normalized spacial score (nSPS) is 22.8. The molecule has 1 amide bonds. The highest BCUT2D eigenvalue weighted by Gasteiger charge is 2.33. The van der Waals surface area contributed by atoms with E-state index in [-0.39, 0.29) is 11.8 Å². The number of rotatable bonds is 3. The third-order valence-corrected chi connectivity index (χ3v) is 5.22. The van der Waals surface area contributed by atoms with Gasteiger partial charge < -0.3 is 14.4 Å². The van der Waals surface area contributed by atoms with Gasteiger partial charge in [-0.2, -0.15) is 5.10 Å². The summed E-state index contributed by atoms with van der Waals surface area (Å²) in [5, 5.41) is 7.08. The van der Waals surface area contributed by atoms with E-state index in [1.54, 1.807) is 13.3 Å². The molecule has 2 aliphatic heterocycles. The largest absolute Gasteiger partial charge is 0.493 e. The SMILES string of the molecule is COc1cccc2c1OC[C@H](C(=O)N1CCC[C@@H](c3ccn[nH]3)C1)C2. The molecule has 2 aromatic rings. The molecular weight excluding hydrogens is 318 g/mol. The van der Waals surface area contributed by atoms with Crippen molar-refractivity contribution >= 4 is 5.91 Å². The van der Waals surface area contributed by atoms with Crippen molar-refractivity contribution in [2.75, 3.05) is 26.8 Å². The van der Waals surface area contributed by atoms with Crippen LogP contribution in [-0.2, 0) is 11.2 Å². The fourth-order valence-corrected chi connectivity index (χ4v) is 3.90. The number of carbonyl (C=O) groups is 1. The van der Waals surface area contributed by atoms with Crippen molar-refractivity contribution in [1.29, 1.82) is 0 Å². The molecule has 132 valence electrons. The molecule has 6 heteroatoms. The van der Waals surface area contributed by atoms with E-state index in [2.05, 4.69) is 10.2 Å². The number of H-pyrrole nitrogens is 1. The number of piperidine rings is 1. The van der Waals surface area contributed by atoms with Crippen molar-refractivity contribution < 1.29 is 14.3 Å². The molecule has 1 saturated heterocycles. The minimum Gasteiger partial charge on any atom is -0.493 e. The number of ether oxygens (including phenoxy) is 2. The molecule has 1 aromatic carbocycles. The molecule has 3 heterocycles. The van der Waals surface area contributed by atoms with Gasteiger partial charge in [0.15, 0.2) is 11.5 Å². The standard InChI is InChI=1S/C19H23N3O3/c1-24-17-6-2-4-13-10-15(12-25-18(13)17)19(23)22-9-3-5-14(11-22)16-7-8-20-21-16/h2,4,6-8,14-15H,3,5,9-12H2,1H3,(H,20,21)/t14-,15-/m1/s1. The van der Waals surface area contributed by atoms with Crippen LogP contribution in [0, 0.1) is 5.92 Å². The van der Waals surface area contributed by atoms with E-state index in [0.717, 1.165) is 48.7 Å². The Hall–Kier alpha value is -2.50. The zero-order chi connectivity index (χ0) is 17.2. The molecule has 0 spiro atoms. The lowest BCUT2D eigenvalue weighted by molar-refractivity contribution is -0.138. The van der Waals surface area contributed by atoms with Crippen LogP contribution >= 0.6 is 0 Å². The van der Waals surface area contributed by atoms with Crippen molar-refractivity contribution in [1.82, 2.24) is 15.1 Å². The first kappa shape index (κ1) is 16.0. The van der Waals surface area contributed by atoms with E-state index < -0.39 is 0 Å². The molecule has 4 rings (SSSR count). The molecule has 0 aliphatic carbocycles. The number of aromatic nitrogens is 2. The second-order valence-corrected chi connectivity index (χ2v) is 6.80. The summed E-state index contributed by atoms with van der Waals surface area (Å²) in [7, 11) is 1.64. The molecule has 1 N–H and O–H groups in total. The van der Waals surface area contributed by atoms with Crippen molar-refractivity contribution in [3.05, 3.63) is 41.7 Å². The summed E-state index contributed by atoms with van der Waals surface area (Å²) in [6.07, 6.45) is 4.59. The Morgan fingerprint density at radius 1 is 1.40 bits per heavy atom. The maximum absolute atomic E-state index is 13.0. The molecule has 25 heavy (non-hydrogen) atoms. The van der Waals surface area contributed by atoms with Gasteiger partial charge in [0, 0.05) is 30.9 Å². The fraction of sp³-hybridized carbons (Fsp3) is 0.474. The Kier molecular flexibility index (Phi) is 4.34. The van der Waals surface area contributed by atoms with Crippen molar-refractivity contribution in [2.24, 2.45) is 5.92 Å². The van der Waals surface area contributed by atoms with Gasteiger partial charge in [-0.15, -0.1) is 0 Å². The van der Waals surface area contributed by atoms with Gasteiger partial charge in [0.1, 0.15) is 6.61 Å². The molecule has 1 fully saturated rings. The molecule has 0 bridgehead atoms. The fourth-order valence-electron chi connectivity index (χ4n) is 3.90. The Morgan fingerprint density at radius 2 is 2.32 bits per heavy atom. The molecule has 0 radical (unpaired) electrons. The minimum atomic E-state index is -0.125. The van der Waals surface area contributed by atoms with Crippen LogP contribution in [0.15, 0.2) is 30.5 Å². The molecule has 0 saturated carbocycles. The summed E-state index contributed by atoms with van der Waals surface area (Å²) >= 11 is 0. The number of para-hydroxylation sites is 1. The van der Waals surface area contributed by atoms with Crippen molar-refractivity contribution in [3.63, 3.8) is 0 Å². The lowest BCUT2D eigenvalue weighted by Gasteiger charge is -2.36. The third-order valence-electron chi connectivity index (χ3n) is 5.22. The first-order chi connectivity index (χ1) is 12.3. The lowest BCUT2D eigenvalue weighted by atomic mass is 9.91. The number of carbonyl (C=O) groups excluding carboxylic acids is 1. The van der Waals surface area contributed by atoms with Gasteiger partial charge >= 0.3 is 0 Å². The number of aromatic amines is 1. The Morgan fingerprint density at radius 3 is 3.12 bits per heavy atom. The predicted molar refractivity (Wildman–Crippen MR) is 92.8 cm³/mol. The summed E-state index contributed by atoms with van der Waals surface area (Å²) in [4.78, 5) is 15.0. The second kappa shape index (κ2) is 6.78. The van der Waals surface area contributed by atoms with Gasteiger partial charge in [0.2, 0.25) is 5.91 Å². The Labute approximate surface area is 147 Å². The van der Waals surface area contributed by atoms with Crippen LogP contribution in [0.25, 0.3) is 0 Å². The zero-order valence-corrected chi connectivity index (χ0v) is 14.4. The predicted octanol–water partition coefficient (Wildman–Crippen LogP) is 2.38. The van der Waals surface area contributed by atoms with Gasteiger partial charge in [-0.25, -0.2) is 0 Å². The molecule has 2 atom stereocenters. The Bertz CT molecular complexity index is 744. The monoisotopic (exact) mass is 341 g/mol. The first-order valence-electron chi connectivity index (χ1n) is 8.83. The van der Waals surface area contributed by atoms with E-state index in [4.69, 9.17) is 9.47 Å². The maximum atomic E-state index is 13.0. The van der Waals surface area contributed by atoms with Crippen LogP contribution < -0.4 is 9.47 Å². The number of nitrogens with one attached hydrogen (secondary N) is 1. The molecular formula is C19H23N3O3. The van der Waals surface area contributed by atoms with Gasteiger partial charge in [-0.1, -0.05) is 12.1 Å². The number of fused-ring (bicyclic) bond motifs is 1. The number of benzene rings is 1. The number of hydrogen-bond acceptors (Lipinski definition) is 4. The highest BCUT2D eigenvalue weighted by Crippen LogP contribution is 2.37. The van der Waals surface area contributed by atoms with Gasteiger partial charge in [-0.05, 0) is 37.0 Å². The number of hydrogen-bond donors (Lipinski definition) is 1. The van der Waals surface area contributed by atoms with Crippen LogP contribution in [0.5, 0.6) is 11.5 Å². The van der Waals surface area contributed by atoms with Gasteiger partial charge in [0.05, 0.1) is 13.0 Å². The van der Waals surface area contributed by atoms with E-state index in [9.17, 15) is 4.79 Å². The molecule has 1 aromatic heterocycles. The van der Waals surface area contributed by atoms with Crippen LogP contribution in [0.4, 0.5) is 0 Å². The summed E-state index contributed by atoms with van der Waals surface area (Å²) in [6, 6.07) is 7.86. The quantitative estimate of drug-likeness (QED) is 0.931. The molecule has 6 nitrogen and oxygen atoms in total. The van der Waals surface area contributed by atoms with Gasteiger partial charge in [-0.3, -0.25) is 9.89 Å². The maximum Gasteiger partial charge on any atom is 0.229 e. The smallest absolute Gasteiger partial charge is 0.229 e. The van der Waals surface area contributed by atoms with E-state index in [1.165, 1.54) is 0 Å². The van der Waals surface area contributed by atoms with Gasteiger partial charge in [0.25, 0.3) is 0 Å². The van der Waals surface area contributed by atoms with E-state index >= 15 is 0 Å². The second-order valence-electron chi connectivity index (χ2n) is 6.80. The summed E-state index contributed by atoms with van der Waals surface area (Å²) in [6.45, 7) is 1.99. The van der Waals surface area contributed by atoms with E-state index in [1.807, 2.05) is 29.2 Å². The van der Waals surface area contributed by atoms with Crippen molar-refractivity contribution in [3.8, 4) is 11.5 Å². The lowest BCUT2D eigenvalue weighted by Crippen LogP contribution is -2.45.